The molecule has 112 valence electrons. The van der Waals surface area contributed by atoms with Crippen molar-refractivity contribution in [2.75, 3.05) is 0 Å². The number of hydrogen-bond donors (Lipinski definition) is 2. The molecule has 0 spiro atoms. The van der Waals surface area contributed by atoms with E-state index in [1.54, 1.807) is 36.4 Å². The van der Waals surface area contributed by atoms with Crippen LogP contribution in [-0.2, 0) is 0 Å². The number of aromatic nitrogens is 3. The number of phenols is 2. The van der Waals surface area contributed by atoms with Crippen molar-refractivity contribution in [3.63, 3.8) is 0 Å². The Morgan fingerprint density at radius 2 is 1.26 bits per heavy atom. The van der Waals surface area contributed by atoms with Crippen molar-refractivity contribution in [3.05, 3.63) is 66.7 Å². The van der Waals surface area contributed by atoms with Crippen molar-refractivity contribution < 1.29 is 10.2 Å². The summed E-state index contributed by atoms with van der Waals surface area (Å²) in [6, 6.07) is 19.7. The Hall–Kier alpha value is -3.34. The molecule has 0 radical (unpaired) electrons. The molecule has 0 unspecified atom stereocenters. The second-order valence-electron chi connectivity index (χ2n) is 5.17. The Labute approximate surface area is 132 Å². The maximum atomic E-state index is 10.6. The molecular weight excluding hydrogens is 290 g/mol. The lowest BCUT2D eigenvalue weighted by Crippen LogP contribution is -1.99. The lowest BCUT2D eigenvalue weighted by atomic mass is 10.0. The van der Waals surface area contributed by atoms with Crippen LogP contribution in [0.2, 0.25) is 0 Å². The highest BCUT2D eigenvalue weighted by Gasteiger charge is 2.15. The number of phenolic OH excluding ortho intramolecular Hbond substituents is 2. The lowest BCUT2D eigenvalue weighted by Gasteiger charge is -2.10. The Kier molecular flexibility index (Phi) is 2.98. The molecule has 0 aliphatic rings. The standard InChI is InChI=1S/C18H13N3O2/c22-17-11-4-1-6-12(17)13-7-5-10-16(18(13)23)21-19-14-8-2-3-9-15(14)20-21/h1-11,22-23H. The van der Waals surface area contributed by atoms with Gasteiger partial charge in [0.05, 0.1) is 0 Å². The molecule has 0 atom stereocenters. The van der Waals surface area contributed by atoms with Crippen LogP contribution in [0.1, 0.15) is 0 Å². The zero-order valence-corrected chi connectivity index (χ0v) is 12.1. The molecule has 0 saturated carbocycles. The minimum Gasteiger partial charge on any atom is -0.507 e. The summed E-state index contributed by atoms with van der Waals surface area (Å²) in [4.78, 5) is 1.41. The topological polar surface area (TPSA) is 71.2 Å². The number of benzene rings is 3. The Morgan fingerprint density at radius 1 is 0.652 bits per heavy atom. The molecule has 5 nitrogen and oxygen atoms in total. The minimum atomic E-state index is 0.0225. The van der Waals surface area contributed by atoms with Gasteiger partial charge in [-0.15, -0.1) is 15.0 Å². The van der Waals surface area contributed by atoms with E-state index < -0.39 is 0 Å². The SMILES string of the molecule is Oc1ccccc1-c1cccc(-n2nc3ccccc3n2)c1O. The van der Waals surface area contributed by atoms with Crippen LogP contribution in [0, 0.1) is 0 Å². The van der Waals surface area contributed by atoms with Crippen LogP contribution in [0.15, 0.2) is 66.7 Å². The van der Waals surface area contributed by atoms with Gasteiger partial charge >= 0.3 is 0 Å². The summed E-state index contributed by atoms with van der Waals surface area (Å²) in [5.74, 6) is 0.132. The van der Waals surface area contributed by atoms with E-state index in [-0.39, 0.29) is 11.5 Å². The predicted octanol–water partition coefficient (Wildman–Crippen LogP) is 3.50. The van der Waals surface area contributed by atoms with Gasteiger partial charge < -0.3 is 10.2 Å². The fourth-order valence-electron chi connectivity index (χ4n) is 2.58. The van der Waals surface area contributed by atoms with Crippen LogP contribution < -0.4 is 0 Å². The molecule has 0 amide bonds. The van der Waals surface area contributed by atoms with E-state index in [4.69, 9.17) is 0 Å². The number of fused-ring (bicyclic) bond motifs is 1. The van der Waals surface area contributed by atoms with Gasteiger partial charge in [-0.05, 0) is 24.3 Å². The summed E-state index contributed by atoms with van der Waals surface area (Å²) >= 11 is 0. The Morgan fingerprint density at radius 3 is 1.96 bits per heavy atom. The monoisotopic (exact) mass is 303 g/mol. The smallest absolute Gasteiger partial charge is 0.151 e. The van der Waals surface area contributed by atoms with Crippen molar-refractivity contribution in [2.24, 2.45) is 0 Å². The molecule has 0 fully saturated rings. The van der Waals surface area contributed by atoms with Crippen molar-refractivity contribution in [1.82, 2.24) is 15.0 Å². The molecule has 4 aromatic rings. The summed E-state index contributed by atoms with van der Waals surface area (Å²) < 4.78 is 0. The van der Waals surface area contributed by atoms with Gasteiger partial charge in [0.25, 0.3) is 0 Å². The van der Waals surface area contributed by atoms with E-state index in [9.17, 15) is 10.2 Å². The first-order valence-corrected chi connectivity index (χ1v) is 7.17. The van der Waals surface area contributed by atoms with Gasteiger partial charge in [-0.3, -0.25) is 0 Å². The molecule has 5 heteroatoms. The van der Waals surface area contributed by atoms with E-state index >= 15 is 0 Å². The molecule has 3 aromatic carbocycles. The largest absolute Gasteiger partial charge is 0.507 e. The number of aromatic hydroxyl groups is 2. The number of rotatable bonds is 2. The van der Waals surface area contributed by atoms with Gasteiger partial charge in [0.2, 0.25) is 0 Å². The highest BCUT2D eigenvalue weighted by Crippen LogP contribution is 2.38. The normalized spacial score (nSPS) is 11.0. The highest BCUT2D eigenvalue weighted by molar-refractivity contribution is 5.79. The first-order valence-electron chi connectivity index (χ1n) is 7.17. The first kappa shape index (κ1) is 13.3. The molecule has 1 heterocycles. The van der Waals surface area contributed by atoms with Crippen LogP contribution in [0.3, 0.4) is 0 Å². The molecule has 0 aliphatic heterocycles. The van der Waals surface area contributed by atoms with Crippen LogP contribution in [0.5, 0.6) is 11.5 Å². The maximum absolute atomic E-state index is 10.6. The van der Waals surface area contributed by atoms with Crippen LogP contribution in [0.25, 0.3) is 27.8 Å². The summed E-state index contributed by atoms with van der Waals surface area (Å²) in [5, 5.41) is 29.4. The van der Waals surface area contributed by atoms with Crippen LogP contribution >= 0.6 is 0 Å². The van der Waals surface area contributed by atoms with E-state index in [1.807, 2.05) is 30.3 Å². The molecule has 0 bridgehead atoms. The van der Waals surface area contributed by atoms with E-state index in [1.165, 1.54) is 4.80 Å². The third-order valence-electron chi connectivity index (χ3n) is 3.71. The predicted molar refractivity (Wildman–Crippen MR) is 87.6 cm³/mol. The molecule has 0 aliphatic carbocycles. The number of nitrogens with zero attached hydrogens (tertiary/aromatic N) is 3. The van der Waals surface area contributed by atoms with E-state index in [2.05, 4.69) is 10.2 Å². The molecule has 1 aromatic heterocycles. The summed E-state index contributed by atoms with van der Waals surface area (Å²) in [7, 11) is 0. The van der Waals surface area contributed by atoms with Crippen molar-refractivity contribution in [1.29, 1.82) is 0 Å². The second kappa shape index (κ2) is 5.14. The molecule has 0 saturated heterocycles. The summed E-state index contributed by atoms with van der Waals surface area (Å²) in [6.45, 7) is 0. The molecule has 23 heavy (non-hydrogen) atoms. The Balaban J connectivity index is 1.91. The average Bonchev–Trinajstić information content (AvgIpc) is 2.99. The minimum absolute atomic E-state index is 0.0225. The van der Waals surface area contributed by atoms with Gasteiger partial charge in [-0.1, -0.05) is 42.5 Å². The summed E-state index contributed by atoms with van der Waals surface area (Å²) in [6.07, 6.45) is 0. The number of para-hydroxylation sites is 2. The third kappa shape index (κ3) is 2.19. The second-order valence-corrected chi connectivity index (χ2v) is 5.17. The first-order chi connectivity index (χ1) is 11.2. The quantitative estimate of drug-likeness (QED) is 0.594. The zero-order valence-electron chi connectivity index (χ0n) is 12.1. The highest BCUT2D eigenvalue weighted by atomic mass is 16.3. The fourth-order valence-corrected chi connectivity index (χ4v) is 2.58. The van der Waals surface area contributed by atoms with Gasteiger partial charge in [-0.25, -0.2) is 0 Å². The fraction of sp³-hybridized carbons (Fsp3) is 0. The molecule has 4 rings (SSSR count). The van der Waals surface area contributed by atoms with E-state index in [0.717, 1.165) is 11.0 Å². The zero-order chi connectivity index (χ0) is 15.8. The lowest BCUT2D eigenvalue weighted by molar-refractivity contribution is 0.464. The van der Waals surface area contributed by atoms with Crippen LogP contribution in [-0.4, -0.2) is 25.2 Å². The van der Waals surface area contributed by atoms with Crippen molar-refractivity contribution >= 4 is 11.0 Å². The average molecular weight is 303 g/mol. The van der Waals surface area contributed by atoms with Gasteiger partial charge in [0.1, 0.15) is 22.5 Å². The van der Waals surface area contributed by atoms with Gasteiger partial charge in [0, 0.05) is 11.1 Å². The van der Waals surface area contributed by atoms with Crippen molar-refractivity contribution in [3.8, 4) is 28.3 Å². The Bertz CT molecular complexity index is 975. The van der Waals surface area contributed by atoms with Crippen LogP contribution in [0.4, 0.5) is 0 Å². The third-order valence-corrected chi connectivity index (χ3v) is 3.71. The van der Waals surface area contributed by atoms with Gasteiger partial charge in [-0.2, -0.15) is 0 Å². The van der Waals surface area contributed by atoms with Gasteiger partial charge in [0.15, 0.2) is 5.75 Å². The maximum Gasteiger partial charge on any atom is 0.151 e. The van der Waals surface area contributed by atoms with E-state index in [0.29, 0.717) is 16.8 Å². The number of hydrogen-bond acceptors (Lipinski definition) is 4. The van der Waals surface area contributed by atoms with Crippen molar-refractivity contribution in [2.45, 2.75) is 0 Å². The molecular formula is C18H13N3O2. The summed E-state index contributed by atoms with van der Waals surface area (Å²) in [5.41, 5.74) is 3.05. The molecule has 2 N–H and O–H groups in total.